The first kappa shape index (κ1) is 27.2. The van der Waals surface area contributed by atoms with Crippen LogP contribution < -0.4 is 21.0 Å². The van der Waals surface area contributed by atoms with Crippen molar-refractivity contribution in [2.45, 2.75) is 45.1 Å². The van der Waals surface area contributed by atoms with Crippen LogP contribution in [0.4, 0.5) is 22.9 Å². The third-order valence-corrected chi connectivity index (χ3v) is 7.79. The number of nitro benzene ring substituents is 1. The molecular formula is C28H32N10O4. The number of benzene rings is 2. The molecule has 2 fully saturated rings. The average Bonchev–Trinajstić information content (AvgIpc) is 3.60. The minimum absolute atomic E-state index is 0.0405. The molecular weight excluding hydrogens is 540 g/mol. The number of piperidine rings is 2. The lowest BCUT2D eigenvalue weighted by atomic mass is 10.0. The second kappa shape index (κ2) is 11.8. The van der Waals surface area contributed by atoms with Gasteiger partial charge in [0.2, 0.25) is 0 Å². The first-order valence-electron chi connectivity index (χ1n) is 14.2. The Kier molecular flexibility index (Phi) is 7.66. The van der Waals surface area contributed by atoms with Crippen LogP contribution in [0, 0.1) is 10.1 Å². The number of amides is 1. The van der Waals surface area contributed by atoms with E-state index < -0.39 is 5.91 Å². The normalized spacial score (nSPS) is 15.9. The number of rotatable bonds is 8. The predicted octanol–water partition coefficient (Wildman–Crippen LogP) is 3.71. The third-order valence-electron chi connectivity index (χ3n) is 7.79. The van der Waals surface area contributed by atoms with Gasteiger partial charge in [0, 0.05) is 43.5 Å². The summed E-state index contributed by atoms with van der Waals surface area (Å²) in [5, 5.41) is 23.8. The van der Waals surface area contributed by atoms with Gasteiger partial charge in [0.25, 0.3) is 11.6 Å². The van der Waals surface area contributed by atoms with E-state index >= 15 is 0 Å². The Morgan fingerprint density at radius 1 is 1.02 bits per heavy atom. The number of nitrogens with two attached hydrogens (primary N) is 1. The van der Waals surface area contributed by atoms with E-state index in [2.05, 4.69) is 35.6 Å². The van der Waals surface area contributed by atoms with Gasteiger partial charge >= 0.3 is 0 Å². The van der Waals surface area contributed by atoms with Gasteiger partial charge in [0.05, 0.1) is 22.2 Å². The van der Waals surface area contributed by atoms with Crippen LogP contribution in [-0.4, -0.2) is 63.1 Å². The molecule has 14 heteroatoms. The van der Waals surface area contributed by atoms with E-state index in [9.17, 15) is 14.9 Å². The molecule has 3 N–H and O–H groups in total. The summed E-state index contributed by atoms with van der Waals surface area (Å²) < 4.78 is 6.41. The molecule has 0 saturated carbocycles. The number of anilines is 3. The van der Waals surface area contributed by atoms with Gasteiger partial charge in [-0.15, -0.1) is 0 Å². The molecule has 0 bridgehead atoms. The van der Waals surface area contributed by atoms with Gasteiger partial charge in [0.15, 0.2) is 17.3 Å². The van der Waals surface area contributed by atoms with Crippen molar-refractivity contribution in [3.63, 3.8) is 0 Å². The van der Waals surface area contributed by atoms with Crippen molar-refractivity contribution in [3.8, 4) is 11.5 Å². The number of nitrogens with zero attached hydrogens (tertiary/aromatic N) is 8. The first-order chi connectivity index (χ1) is 20.5. The molecule has 2 saturated heterocycles. The first-order valence-corrected chi connectivity index (χ1v) is 14.2. The standard InChI is InChI=1S/C28H32N10O4/c29-27-26(33-42-34-27)28-31-20-9-3-4-10-21(20)37(28)18-25(39)32-30-17-19-15-24(38(40)41)23(36-13-7-2-8-14-36)16-22(19)35-11-5-1-6-12-35/h3-4,9-10,15-17H,1-2,5-8,11-14,18H2,(H2,29,34)(H,32,39)/b30-17-. The van der Waals surface area contributed by atoms with E-state index in [1.54, 1.807) is 10.6 Å². The Bertz CT molecular complexity index is 1630. The number of aromatic nitrogens is 4. The van der Waals surface area contributed by atoms with Crippen LogP contribution in [0.5, 0.6) is 0 Å². The number of para-hydroxylation sites is 2. The molecule has 1 amide bonds. The minimum atomic E-state index is -0.426. The number of hydrogen-bond acceptors (Lipinski definition) is 11. The number of hydrogen-bond donors (Lipinski definition) is 2. The van der Waals surface area contributed by atoms with Crippen molar-refractivity contribution in [2.24, 2.45) is 5.10 Å². The van der Waals surface area contributed by atoms with Gasteiger partial charge in [-0.2, -0.15) is 5.10 Å². The Morgan fingerprint density at radius 3 is 2.38 bits per heavy atom. The number of carbonyl (C=O) groups excluding carboxylic acids is 1. The second-order valence-electron chi connectivity index (χ2n) is 10.6. The largest absolute Gasteiger partial charge is 0.379 e. The van der Waals surface area contributed by atoms with Crippen molar-refractivity contribution in [2.75, 3.05) is 41.7 Å². The van der Waals surface area contributed by atoms with E-state index in [4.69, 9.17) is 10.4 Å². The van der Waals surface area contributed by atoms with Gasteiger partial charge < -0.3 is 20.1 Å². The van der Waals surface area contributed by atoms with Gasteiger partial charge in [-0.25, -0.2) is 15.0 Å². The lowest BCUT2D eigenvalue weighted by Gasteiger charge is -2.33. The summed E-state index contributed by atoms with van der Waals surface area (Å²) in [5.74, 6) is -0.0279. The quantitative estimate of drug-likeness (QED) is 0.180. The molecule has 2 aliphatic heterocycles. The fourth-order valence-corrected chi connectivity index (χ4v) is 5.75. The molecule has 0 radical (unpaired) electrons. The maximum absolute atomic E-state index is 13.1. The Hall–Kier alpha value is -5.01. The van der Waals surface area contributed by atoms with Crippen molar-refractivity contribution < 1.29 is 14.3 Å². The van der Waals surface area contributed by atoms with Gasteiger partial charge in [-0.3, -0.25) is 14.9 Å². The molecule has 2 aromatic carbocycles. The number of imidazole rings is 1. The monoisotopic (exact) mass is 572 g/mol. The Morgan fingerprint density at radius 2 is 1.71 bits per heavy atom. The highest BCUT2D eigenvalue weighted by atomic mass is 16.6. The van der Waals surface area contributed by atoms with Crippen LogP contribution in [0.1, 0.15) is 44.1 Å². The summed E-state index contributed by atoms with van der Waals surface area (Å²) in [6, 6.07) is 10.8. The zero-order chi connectivity index (χ0) is 29.1. The van der Waals surface area contributed by atoms with E-state index in [-0.39, 0.29) is 28.7 Å². The average molecular weight is 573 g/mol. The van der Waals surface area contributed by atoms with E-state index in [0.29, 0.717) is 28.1 Å². The molecule has 14 nitrogen and oxygen atoms in total. The van der Waals surface area contributed by atoms with E-state index in [0.717, 1.165) is 70.4 Å². The third kappa shape index (κ3) is 5.47. The van der Waals surface area contributed by atoms with Crippen LogP contribution in [-0.2, 0) is 11.3 Å². The zero-order valence-electron chi connectivity index (χ0n) is 23.1. The molecule has 0 spiro atoms. The molecule has 0 aliphatic carbocycles. The molecule has 218 valence electrons. The Labute approximate surface area is 241 Å². The molecule has 0 unspecified atom stereocenters. The van der Waals surface area contributed by atoms with Crippen molar-refractivity contribution >= 4 is 46.0 Å². The van der Waals surface area contributed by atoms with Crippen molar-refractivity contribution in [1.29, 1.82) is 0 Å². The summed E-state index contributed by atoms with van der Waals surface area (Å²) >= 11 is 0. The molecule has 4 aromatic rings. The summed E-state index contributed by atoms with van der Waals surface area (Å²) in [4.78, 5) is 33.8. The van der Waals surface area contributed by atoms with Crippen LogP contribution in [0.2, 0.25) is 0 Å². The van der Waals surface area contributed by atoms with Gasteiger partial charge in [-0.05, 0) is 67.0 Å². The zero-order valence-corrected chi connectivity index (χ0v) is 23.1. The van der Waals surface area contributed by atoms with Gasteiger partial charge in [-0.1, -0.05) is 12.1 Å². The summed E-state index contributed by atoms with van der Waals surface area (Å²) in [6.07, 6.45) is 7.90. The number of fused-ring (bicyclic) bond motifs is 1. The summed E-state index contributed by atoms with van der Waals surface area (Å²) in [6.45, 7) is 3.18. The molecule has 42 heavy (non-hydrogen) atoms. The maximum Gasteiger partial charge on any atom is 0.293 e. The summed E-state index contributed by atoms with van der Waals surface area (Å²) in [7, 11) is 0. The van der Waals surface area contributed by atoms with Crippen molar-refractivity contribution in [3.05, 3.63) is 52.1 Å². The summed E-state index contributed by atoms with van der Waals surface area (Å²) in [5.41, 5.74) is 12.2. The number of nitrogen functional groups attached to an aromatic ring is 1. The van der Waals surface area contributed by atoms with E-state index in [1.165, 1.54) is 6.21 Å². The smallest absolute Gasteiger partial charge is 0.293 e. The highest BCUT2D eigenvalue weighted by Crippen LogP contribution is 2.37. The topological polar surface area (TPSA) is 174 Å². The van der Waals surface area contributed by atoms with Crippen LogP contribution in [0.25, 0.3) is 22.6 Å². The van der Waals surface area contributed by atoms with E-state index in [1.807, 2.05) is 30.3 Å². The lowest BCUT2D eigenvalue weighted by Crippen LogP contribution is -2.32. The fraction of sp³-hybridized carbons (Fsp3) is 0.393. The molecule has 6 rings (SSSR count). The lowest BCUT2D eigenvalue weighted by molar-refractivity contribution is -0.384. The number of carbonyl (C=O) groups is 1. The number of nitrogens with one attached hydrogen (secondary N) is 1. The molecule has 2 aliphatic rings. The predicted molar refractivity (Wildman–Crippen MR) is 158 cm³/mol. The van der Waals surface area contributed by atoms with Crippen LogP contribution >= 0.6 is 0 Å². The molecule has 2 aromatic heterocycles. The maximum atomic E-state index is 13.1. The number of nitro groups is 1. The SMILES string of the molecule is Nc1nonc1-c1nc2ccccc2n1CC(=O)N/N=C\c1cc([N+](=O)[O-])c(N2CCCCC2)cc1N1CCCCC1. The van der Waals surface area contributed by atoms with Gasteiger partial charge in [0.1, 0.15) is 12.2 Å². The number of hydrazone groups is 1. The highest BCUT2D eigenvalue weighted by Gasteiger charge is 2.26. The highest BCUT2D eigenvalue weighted by molar-refractivity contribution is 5.93. The fourth-order valence-electron chi connectivity index (χ4n) is 5.75. The molecule has 4 heterocycles. The Balaban J connectivity index is 1.28. The molecule has 0 atom stereocenters. The van der Waals surface area contributed by atoms with Crippen LogP contribution in [0.15, 0.2) is 46.1 Å². The van der Waals surface area contributed by atoms with Crippen LogP contribution in [0.3, 0.4) is 0 Å². The minimum Gasteiger partial charge on any atom is -0.379 e. The second-order valence-corrected chi connectivity index (χ2v) is 10.6. The van der Waals surface area contributed by atoms with Crippen molar-refractivity contribution in [1.82, 2.24) is 25.3 Å².